The topological polar surface area (TPSA) is 61.0 Å². The fourth-order valence-corrected chi connectivity index (χ4v) is 1.45. The third kappa shape index (κ3) is 2.66. The maximum atomic E-state index is 5.76. The second-order valence-corrected chi connectivity index (χ2v) is 4.57. The Hall–Kier alpha value is -0.680. The van der Waals surface area contributed by atoms with Crippen molar-refractivity contribution in [3.8, 4) is 0 Å². The molecule has 0 radical (unpaired) electrons. The van der Waals surface area contributed by atoms with E-state index in [0.717, 1.165) is 10.2 Å². The molecule has 84 valence electrons. The molecule has 4 nitrogen and oxygen atoms in total. The van der Waals surface area contributed by atoms with Gasteiger partial charge in [0.15, 0.2) is 5.82 Å². The van der Waals surface area contributed by atoms with Gasteiger partial charge in [0, 0.05) is 6.61 Å². The van der Waals surface area contributed by atoms with Gasteiger partial charge in [0.1, 0.15) is 11.4 Å². The molecule has 0 aliphatic heterocycles. The predicted octanol–water partition coefficient (Wildman–Crippen LogP) is 2.40. The Bertz CT molecular complexity index is 343. The summed E-state index contributed by atoms with van der Waals surface area (Å²) in [6, 6.07) is 0. The fourth-order valence-electron chi connectivity index (χ4n) is 1.28. The van der Waals surface area contributed by atoms with E-state index >= 15 is 0 Å². The molecule has 0 aliphatic rings. The lowest BCUT2D eigenvalue weighted by molar-refractivity contribution is -0.0208. The Labute approximate surface area is 98.4 Å². The van der Waals surface area contributed by atoms with Crippen LogP contribution in [0.5, 0.6) is 0 Å². The minimum Gasteiger partial charge on any atom is -0.383 e. The highest BCUT2D eigenvalue weighted by atomic mass is 79.9. The van der Waals surface area contributed by atoms with Crippen molar-refractivity contribution in [1.29, 1.82) is 0 Å². The minimum atomic E-state index is -0.506. The number of anilines is 1. The van der Waals surface area contributed by atoms with Gasteiger partial charge in [0.25, 0.3) is 0 Å². The van der Waals surface area contributed by atoms with Crippen molar-refractivity contribution in [3.63, 3.8) is 0 Å². The van der Waals surface area contributed by atoms with Gasteiger partial charge in [-0.1, -0.05) is 0 Å². The van der Waals surface area contributed by atoms with Crippen LogP contribution in [0.4, 0.5) is 5.82 Å². The Morgan fingerprint density at radius 3 is 2.47 bits per heavy atom. The Morgan fingerprint density at radius 1 is 1.40 bits per heavy atom. The summed E-state index contributed by atoms with van der Waals surface area (Å²) in [5.41, 5.74) is 6.08. The van der Waals surface area contributed by atoms with E-state index in [1.54, 1.807) is 0 Å². The number of nitrogen functional groups attached to an aromatic ring is 1. The van der Waals surface area contributed by atoms with Gasteiger partial charge in [0.2, 0.25) is 0 Å². The average Bonchev–Trinajstić information content (AvgIpc) is 2.13. The van der Waals surface area contributed by atoms with Gasteiger partial charge < -0.3 is 10.5 Å². The van der Waals surface area contributed by atoms with Gasteiger partial charge in [-0.2, -0.15) is 0 Å². The molecule has 0 bridgehead atoms. The highest BCUT2D eigenvalue weighted by Crippen LogP contribution is 2.26. The molecule has 0 unspecified atom stereocenters. The Morgan fingerprint density at radius 2 is 2.00 bits per heavy atom. The summed E-state index contributed by atoms with van der Waals surface area (Å²) in [6.45, 7) is 8.30. The lowest BCUT2D eigenvalue weighted by atomic mass is 10.1. The van der Waals surface area contributed by atoms with E-state index in [9.17, 15) is 0 Å². The van der Waals surface area contributed by atoms with Gasteiger partial charge in [-0.3, -0.25) is 0 Å². The smallest absolute Gasteiger partial charge is 0.162 e. The number of ether oxygens (including phenoxy) is 1. The first-order valence-corrected chi connectivity index (χ1v) is 5.61. The van der Waals surface area contributed by atoms with Crippen LogP contribution in [0.2, 0.25) is 0 Å². The molecule has 0 aromatic carbocycles. The molecule has 5 heteroatoms. The number of aromatic nitrogens is 2. The summed E-state index contributed by atoms with van der Waals surface area (Å²) in [6.07, 6.45) is 0. The molecule has 0 amide bonds. The molecule has 2 N–H and O–H groups in total. The zero-order valence-electron chi connectivity index (χ0n) is 9.47. The molecule has 0 saturated carbocycles. The summed E-state index contributed by atoms with van der Waals surface area (Å²) in [5.74, 6) is 1.06. The molecule has 0 atom stereocenters. The number of rotatable bonds is 3. The van der Waals surface area contributed by atoms with Crippen molar-refractivity contribution in [1.82, 2.24) is 9.97 Å². The average molecular weight is 274 g/mol. The summed E-state index contributed by atoms with van der Waals surface area (Å²) in [5, 5.41) is 0. The maximum Gasteiger partial charge on any atom is 0.162 e. The standard InChI is InChI=1S/C10H16BrN3O/c1-5-15-10(3,4)9-13-6(2)7(11)8(12)14-9/h5H2,1-4H3,(H2,12,13,14). The lowest BCUT2D eigenvalue weighted by Crippen LogP contribution is -2.25. The first kappa shape index (κ1) is 12.4. The van der Waals surface area contributed by atoms with E-state index in [4.69, 9.17) is 10.5 Å². The third-order valence-electron chi connectivity index (χ3n) is 2.09. The van der Waals surface area contributed by atoms with E-state index in [0.29, 0.717) is 18.2 Å². The van der Waals surface area contributed by atoms with Gasteiger partial charge in [-0.15, -0.1) is 0 Å². The quantitative estimate of drug-likeness (QED) is 0.919. The van der Waals surface area contributed by atoms with Crippen molar-refractivity contribution < 1.29 is 4.74 Å². The number of halogens is 1. The van der Waals surface area contributed by atoms with Crippen molar-refractivity contribution in [3.05, 3.63) is 16.0 Å². The van der Waals surface area contributed by atoms with Gasteiger partial charge in [-0.05, 0) is 43.6 Å². The van der Waals surface area contributed by atoms with E-state index in [2.05, 4.69) is 25.9 Å². The molecule has 0 aliphatic carbocycles. The third-order valence-corrected chi connectivity index (χ3v) is 3.07. The Balaban J connectivity index is 3.16. The highest BCUT2D eigenvalue weighted by molar-refractivity contribution is 9.10. The highest BCUT2D eigenvalue weighted by Gasteiger charge is 2.25. The molecular formula is C10H16BrN3O. The minimum absolute atomic E-state index is 0.449. The monoisotopic (exact) mass is 273 g/mol. The van der Waals surface area contributed by atoms with Gasteiger partial charge in [-0.25, -0.2) is 9.97 Å². The number of aryl methyl sites for hydroxylation is 1. The van der Waals surface area contributed by atoms with Crippen LogP contribution in [0.15, 0.2) is 4.47 Å². The van der Waals surface area contributed by atoms with Crippen molar-refractivity contribution in [2.75, 3.05) is 12.3 Å². The van der Waals surface area contributed by atoms with E-state index in [1.807, 2.05) is 27.7 Å². The summed E-state index contributed by atoms with van der Waals surface area (Å²) in [7, 11) is 0. The number of hydrogen-bond acceptors (Lipinski definition) is 4. The van der Waals surface area contributed by atoms with Crippen LogP contribution in [-0.2, 0) is 10.3 Å². The molecule has 0 saturated heterocycles. The fraction of sp³-hybridized carbons (Fsp3) is 0.600. The SMILES string of the molecule is CCOC(C)(C)c1nc(C)c(Br)c(N)n1. The number of hydrogen-bond donors (Lipinski definition) is 1. The lowest BCUT2D eigenvalue weighted by Gasteiger charge is -2.23. The predicted molar refractivity (Wildman–Crippen MR) is 63.5 cm³/mol. The van der Waals surface area contributed by atoms with Crippen molar-refractivity contribution in [2.24, 2.45) is 0 Å². The van der Waals surface area contributed by atoms with E-state index in [-0.39, 0.29) is 0 Å². The number of nitrogens with zero attached hydrogens (tertiary/aromatic N) is 2. The molecule has 15 heavy (non-hydrogen) atoms. The van der Waals surface area contributed by atoms with Crippen LogP contribution in [0, 0.1) is 6.92 Å². The van der Waals surface area contributed by atoms with Crippen LogP contribution in [-0.4, -0.2) is 16.6 Å². The summed E-state index contributed by atoms with van der Waals surface area (Å²) >= 11 is 3.33. The second kappa shape index (κ2) is 4.45. The molecule has 1 rings (SSSR count). The normalized spacial score (nSPS) is 11.8. The second-order valence-electron chi connectivity index (χ2n) is 3.78. The van der Waals surface area contributed by atoms with Crippen molar-refractivity contribution >= 4 is 21.7 Å². The van der Waals surface area contributed by atoms with E-state index < -0.39 is 5.60 Å². The molecule has 0 fully saturated rings. The van der Waals surface area contributed by atoms with Crippen LogP contribution < -0.4 is 5.73 Å². The van der Waals surface area contributed by atoms with Gasteiger partial charge in [0.05, 0.1) is 10.2 Å². The first-order chi connectivity index (χ1) is 6.88. The van der Waals surface area contributed by atoms with Gasteiger partial charge >= 0.3 is 0 Å². The largest absolute Gasteiger partial charge is 0.383 e. The zero-order chi connectivity index (χ0) is 11.6. The molecule has 1 aromatic rings. The van der Waals surface area contributed by atoms with Crippen LogP contribution >= 0.6 is 15.9 Å². The molecule has 0 spiro atoms. The zero-order valence-corrected chi connectivity index (χ0v) is 11.1. The molecule has 1 aromatic heterocycles. The Kier molecular flexibility index (Phi) is 3.67. The maximum absolute atomic E-state index is 5.76. The summed E-state index contributed by atoms with van der Waals surface area (Å²) < 4.78 is 6.32. The first-order valence-electron chi connectivity index (χ1n) is 4.82. The molecular weight excluding hydrogens is 258 g/mol. The van der Waals surface area contributed by atoms with Crippen molar-refractivity contribution in [2.45, 2.75) is 33.3 Å². The van der Waals surface area contributed by atoms with Crippen LogP contribution in [0.3, 0.4) is 0 Å². The van der Waals surface area contributed by atoms with E-state index in [1.165, 1.54) is 0 Å². The van der Waals surface area contributed by atoms with Crippen LogP contribution in [0.1, 0.15) is 32.3 Å². The summed E-state index contributed by atoms with van der Waals surface area (Å²) in [4.78, 5) is 8.58. The number of nitrogens with two attached hydrogens (primary N) is 1. The van der Waals surface area contributed by atoms with Crippen LogP contribution in [0.25, 0.3) is 0 Å². The molecule has 1 heterocycles.